The highest BCUT2D eigenvalue weighted by molar-refractivity contribution is 6.31. The van der Waals surface area contributed by atoms with Crippen molar-refractivity contribution in [3.8, 4) is 0 Å². The van der Waals surface area contributed by atoms with E-state index in [1.165, 1.54) is 11.1 Å². The molecule has 0 radical (unpaired) electrons. The van der Waals surface area contributed by atoms with E-state index >= 15 is 0 Å². The number of hydrogen-bond acceptors (Lipinski definition) is 3. The Morgan fingerprint density at radius 1 is 1.37 bits per heavy atom. The summed E-state index contributed by atoms with van der Waals surface area (Å²) in [6.45, 7) is 5.64. The third kappa shape index (κ3) is 3.14. The zero-order valence-corrected chi connectivity index (χ0v) is 12.3. The molecule has 1 N–H and O–H groups in total. The van der Waals surface area contributed by atoms with Crippen LogP contribution in [0.3, 0.4) is 0 Å². The first kappa shape index (κ1) is 14.0. The minimum atomic E-state index is 0.712. The van der Waals surface area contributed by atoms with Crippen LogP contribution in [-0.4, -0.2) is 14.8 Å². The maximum atomic E-state index is 6.31. The minimum Gasteiger partial charge on any atom is -0.307 e. The molecule has 0 saturated heterocycles. The molecule has 0 amide bonds. The predicted octanol–water partition coefficient (Wildman–Crippen LogP) is 2.63. The van der Waals surface area contributed by atoms with Gasteiger partial charge in [-0.15, -0.1) is 0 Å². The van der Waals surface area contributed by atoms with Crippen LogP contribution in [0.25, 0.3) is 0 Å². The van der Waals surface area contributed by atoms with Gasteiger partial charge in [0.25, 0.3) is 0 Å². The van der Waals surface area contributed by atoms with Crippen LogP contribution in [0.4, 0.5) is 0 Å². The molecule has 0 fully saturated rings. The molecule has 0 saturated carbocycles. The molecule has 4 nitrogen and oxygen atoms in total. The average Bonchev–Trinajstić information content (AvgIpc) is 2.68. The molecule has 0 aliphatic rings. The largest absolute Gasteiger partial charge is 0.307 e. The van der Waals surface area contributed by atoms with Crippen molar-refractivity contribution in [2.75, 3.05) is 0 Å². The molecule has 2 rings (SSSR count). The Labute approximate surface area is 118 Å². The summed E-state index contributed by atoms with van der Waals surface area (Å²) in [5.41, 5.74) is 4.44. The molecule has 0 aromatic carbocycles. The number of nitrogens with zero attached hydrogens (tertiary/aromatic N) is 3. The van der Waals surface area contributed by atoms with E-state index in [-0.39, 0.29) is 0 Å². The van der Waals surface area contributed by atoms with E-state index in [1.54, 1.807) is 0 Å². The third-order valence-electron chi connectivity index (χ3n) is 3.25. The maximum Gasteiger partial charge on any atom is 0.0863 e. The van der Waals surface area contributed by atoms with Gasteiger partial charge in [-0.05, 0) is 30.5 Å². The van der Waals surface area contributed by atoms with E-state index in [0.717, 1.165) is 29.4 Å². The molecule has 0 aliphatic heterocycles. The third-order valence-corrected chi connectivity index (χ3v) is 3.68. The molecule has 0 spiro atoms. The molecule has 2 heterocycles. The van der Waals surface area contributed by atoms with Gasteiger partial charge in [-0.25, -0.2) is 0 Å². The Bertz CT molecular complexity index is 563. The monoisotopic (exact) mass is 278 g/mol. The van der Waals surface area contributed by atoms with Gasteiger partial charge in [0.2, 0.25) is 0 Å². The van der Waals surface area contributed by atoms with E-state index in [2.05, 4.69) is 29.2 Å². The SMILES string of the molecule is CCc1nn(C)c(CNCc2ccncc2C)c1Cl. The van der Waals surface area contributed by atoms with Gasteiger partial charge in [0.05, 0.1) is 16.4 Å². The number of hydrogen-bond donors (Lipinski definition) is 1. The first-order valence-electron chi connectivity index (χ1n) is 6.44. The summed E-state index contributed by atoms with van der Waals surface area (Å²) in [6.07, 6.45) is 4.55. The summed E-state index contributed by atoms with van der Waals surface area (Å²) >= 11 is 6.31. The van der Waals surface area contributed by atoms with Crippen LogP contribution >= 0.6 is 11.6 Å². The Hall–Kier alpha value is -1.39. The summed E-state index contributed by atoms with van der Waals surface area (Å²) < 4.78 is 1.85. The lowest BCUT2D eigenvalue weighted by atomic mass is 10.1. The van der Waals surface area contributed by atoms with Crippen LogP contribution in [0, 0.1) is 6.92 Å². The van der Waals surface area contributed by atoms with Crippen molar-refractivity contribution in [1.29, 1.82) is 0 Å². The number of rotatable bonds is 5. The molecular weight excluding hydrogens is 260 g/mol. The molecular formula is C14H19ClN4. The van der Waals surface area contributed by atoms with Crippen LogP contribution in [0.5, 0.6) is 0 Å². The van der Waals surface area contributed by atoms with Crippen LogP contribution in [0.15, 0.2) is 18.5 Å². The topological polar surface area (TPSA) is 42.7 Å². The highest BCUT2D eigenvalue weighted by atomic mass is 35.5. The number of nitrogens with one attached hydrogen (secondary N) is 1. The lowest BCUT2D eigenvalue weighted by Crippen LogP contribution is -2.16. The van der Waals surface area contributed by atoms with E-state index in [9.17, 15) is 0 Å². The van der Waals surface area contributed by atoms with Crippen molar-refractivity contribution in [3.63, 3.8) is 0 Å². The summed E-state index contributed by atoms with van der Waals surface area (Å²) in [4.78, 5) is 4.09. The van der Waals surface area contributed by atoms with Gasteiger partial charge in [-0.2, -0.15) is 5.10 Å². The molecule has 0 atom stereocenters. The molecule has 102 valence electrons. The minimum absolute atomic E-state index is 0.712. The molecule has 2 aromatic heterocycles. The van der Waals surface area contributed by atoms with Crippen molar-refractivity contribution in [2.45, 2.75) is 33.4 Å². The van der Waals surface area contributed by atoms with Gasteiger partial charge >= 0.3 is 0 Å². The standard InChI is InChI=1S/C14H19ClN4/c1-4-12-14(15)13(19(3)18-12)9-17-8-11-5-6-16-7-10(11)2/h5-7,17H,4,8-9H2,1-3H3. The van der Waals surface area contributed by atoms with Crippen LogP contribution in [-0.2, 0) is 26.6 Å². The van der Waals surface area contributed by atoms with Gasteiger partial charge in [-0.3, -0.25) is 9.67 Å². The normalized spacial score (nSPS) is 10.9. The molecule has 2 aromatic rings. The van der Waals surface area contributed by atoms with Crippen molar-refractivity contribution < 1.29 is 0 Å². The Balaban J connectivity index is 2.00. The lowest BCUT2D eigenvalue weighted by Gasteiger charge is -2.08. The molecule has 0 unspecified atom stereocenters. The summed E-state index contributed by atoms with van der Waals surface area (Å²) in [6, 6.07) is 2.03. The molecule has 0 bridgehead atoms. The Morgan fingerprint density at radius 2 is 2.16 bits per heavy atom. The van der Waals surface area contributed by atoms with Crippen molar-refractivity contribution in [2.24, 2.45) is 7.05 Å². The summed E-state index contributed by atoms with van der Waals surface area (Å²) in [7, 11) is 1.93. The van der Waals surface area contributed by atoms with Crippen LogP contribution in [0.1, 0.15) is 29.4 Å². The van der Waals surface area contributed by atoms with Crippen LogP contribution < -0.4 is 5.32 Å². The molecule has 19 heavy (non-hydrogen) atoms. The van der Waals surface area contributed by atoms with E-state index in [4.69, 9.17) is 11.6 Å². The highest BCUT2D eigenvalue weighted by Gasteiger charge is 2.12. The van der Waals surface area contributed by atoms with E-state index < -0.39 is 0 Å². The van der Waals surface area contributed by atoms with Gasteiger partial charge in [0.15, 0.2) is 0 Å². The summed E-state index contributed by atoms with van der Waals surface area (Å²) in [5, 5.41) is 8.59. The van der Waals surface area contributed by atoms with Crippen molar-refractivity contribution in [1.82, 2.24) is 20.1 Å². The van der Waals surface area contributed by atoms with Gasteiger partial charge in [0, 0.05) is 32.5 Å². The fraction of sp³-hybridized carbons (Fsp3) is 0.429. The van der Waals surface area contributed by atoms with Gasteiger partial charge in [-0.1, -0.05) is 18.5 Å². The zero-order valence-electron chi connectivity index (χ0n) is 11.6. The Morgan fingerprint density at radius 3 is 2.79 bits per heavy atom. The smallest absolute Gasteiger partial charge is 0.0863 e. The maximum absolute atomic E-state index is 6.31. The van der Waals surface area contributed by atoms with Crippen molar-refractivity contribution >= 4 is 11.6 Å². The second-order valence-electron chi connectivity index (χ2n) is 4.59. The number of aryl methyl sites for hydroxylation is 3. The summed E-state index contributed by atoms with van der Waals surface area (Å²) in [5.74, 6) is 0. The first-order chi connectivity index (χ1) is 9.13. The zero-order chi connectivity index (χ0) is 13.8. The quantitative estimate of drug-likeness (QED) is 0.914. The second-order valence-corrected chi connectivity index (χ2v) is 4.97. The van der Waals surface area contributed by atoms with Crippen LogP contribution in [0.2, 0.25) is 5.02 Å². The second kappa shape index (κ2) is 6.17. The van der Waals surface area contributed by atoms with E-state index in [0.29, 0.717) is 6.54 Å². The Kier molecular flexibility index (Phi) is 4.56. The average molecular weight is 279 g/mol. The van der Waals surface area contributed by atoms with Gasteiger partial charge < -0.3 is 5.32 Å². The van der Waals surface area contributed by atoms with Gasteiger partial charge in [0.1, 0.15) is 0 Å². The van der Waals surface area contributed by atoms with Crippen molar-refractivity contribution in [3.05, 3.63) is 46.0 Å². The first-order valence-corrected chi connectivity index (χ1v) is 6.81. The number of aromatic nitrogens is 3. The van der Waals surface area contributed by atoms with E-state index in [1.807, 2.05) is 30.2 Å². The predicted molar refractivity (Wildman–Crippen MR) is 77.1 cm³/mol. The fourth-order valence-electron chi connectivity index (χ4n) is 2.03. The highest BCUT2D eigenvalue weighted by Crippen LogP contribution is 2.20. The number of pyridine rings is 1. The molecule has 0 aliphatic carbocycles. The number of halogens is 1. The lowest BCUT2D eigenvalue weighted by molar-refractivity contribution is 0.622. The fourth-order valence-corrected chi connectivity index (χ4v) is 2.39. The molecule has 5 heteroatoms.